The van der Waals surface area contributed by atoms with E-state index in [2.05, 4.69) is 49.5 Å². The highest BCUT2D eigenvalue weighted by molar-refractivity contribution is 5.82. The number of fused-ring (bicyclic) bond motifs is 1. The molecule has 0 radical (unpaired) electrons. The van der Waals surface area contributed by atoms with E-state index in [4.69, 9.17) is 4.98 Å². The fourth-order valence-corrected chi connectivity index (χ4v) is 2.70. The molecule has 0 spiro atoms. The van der Waals surface area contributed by atoms with E-state index in [1.165, 1.54) is 29.5 Å². The van der Waals surface area contributed by atoms with Gasteiger partial charge in [-0.25, -0.2) is 0 Å². The number of para-hydroxylation sites is 1. The van der Waals surface area contributed by atoms with E-state index in [0.29, 0.717) is 6.04 Å². The second-order valence-corrected chi connectivity index (χ2v) is 5.25. The zero-order valence-electron chi connectivity index (χ0n) is 11.1. The third-order valence-corrected chi connectivity index (χ3v) is 3.78. The van der Waals surface area contributed by atoms with Crippen LogP contribution in [0, 0.1) is 12.8 Å². The lowest BCUT2D eigenvalue weighted by Gasteiger charge is -2.18. The molecule has 1 fully saturated rings. The summed E-state index contributed by atoms with van der Waals surface area (Å²) in [5.74, 6) is 0.790. The first-order valence-corrected chi connectivity index (χ1v) is 6.89. The van der Waals surface area contributed by atoms with Crippen molar-refractivity contribution in [2.45, 2.75) is 32.7 Å². The third-order valence-electron chi connectivity index (χ3n) is 3.78. The van der Waals surface area contributed by atoms with Gasteiger partial charge >= 0.3 is 0 Å². The minimum atomic E-state index is 0.443. The molecule has 0 amide bonds. The van der Waals surface area contributed by atoms with Crippen LogP contribution in [-0.2, 0) is 0 Å². The van der Waals surface area contributed by atoms with E-state index in [1.54, 1.807) is 0 Å². The summed E-state index contributed by atoms with van der Waals surface area (Å²) in [5.41, 5.74) is 3.67. The zero-order valence-corrected chi connectivity index (χ0v) is 11.1. The number of nitrogens with zero attached hydrogens (tertiary/aromatic N) is 1. The van der Waals surface area contributed by atoms with Crippen molar-refractivity contribution in [1.82, 2.24) is 10.3 Å². The Labute approximate surface area is 108 Å². The molecule has 3 rings (SSSR count). The Bertz CT molecular complexity index is 558. The summed E-state index contributed by atoms with van der Waals surface area (Å²) in [6.07, 6.45) is 2.68. The summed E-state index contributed by atoms with van der Waals surface area (Å²) in [6, 6.07) is 11.1. The lowest BCUT2D eigenvalue weighted by Crippen LogP contribution is -2.23. The molecule has 2 nitrogen and oxygen atoms in total. The molecule has 1 saturated carbocycles. The van der Waals surface area contributed by atoms with Gasteiger partial charge in [0.15, 0.2) is 0 Å². The van der Waals surface area contributed by atoms with Crippen LogP contribution in [0.1, 0.15) is 37.1 Å². The minimum Gasteiger partial charge on any atom is -0.309 e. The average Bonchev–Trinajstić information content (AvgIpc) is 3.20. The van der Waals surface area contributed by atoms with Crippen molar-refractivity contribution in [3.05, 3.63) is 41.6 Å². The Hall–Kier alpha value is -1.41. The Kier molecular flexibility index (Phi) is 3.04. The molecule has 0 saturated heterocycles. The minimum absolute atomic E-state index is 0.443. The van der Waals surface area contributed by atoms with Gasteiger partial charge in [0.2, 0.25) is 0 Å². The summed E-state index contributed by atoms with van der Waals surface area (Å²) < 4.78 is 0. The van der Waals surface area contributed by atoms with E-state index in [9.17, 15) is 0 Å². The molecular formula is C16H20N2. The van der Waals surface area contributed by atoms with Crippen molar-refractivity contribution in [1.29, 1.82) is 0 Å². The van der Waals surface area contributed by atoms with E-state index in [1.807, 2.05) is 0 Å². The Morgan fingerprint density at radius 3 is 2.83 bits per heavy atom. The molecule has 1 aliphatic carbocycles. The molecule has 94 valence electrons. The zero-order chi connectivity index (χ0) is 12.5. The second-order valence-electron chi connectivity index (χ2n) is 5.25. The number of benzene rings is 1. The van der Waals surface area contributed by atoms with Crippen LogP contribution in [-0.4, -0.2) is 11.5 Å². The molecule has 1 aliphatic rings. The molecule has 1 atom stereocenters. The standard InChI is InChI=1S/C16H20N2/c1-3-17-16(12-8-9-12)15-10-11(2)13-6-4-5-7-14(13)18-15/h4-7,10,12,16-17H,3,8-9H2,1-2H3. The quantitative estimate of drug-likeness (QED) is 0.883. The van der Waals surface area contributed by atoms with Crippen LogP contribution in [0.3, 0.4) is 0 Å². The molecule has 0 bridgehead atoms. The average molecular weight is 240 g/mol. The topological polar surface area (TPSA) is 24.9 Å². The molecule has 1 N–H and O–H groups in total. The van der Waals surface area contributed by atoms with E-state index < -0.39 is 0 Å². The highest BCUT2D eigenvalue weighted by atomic mass is 15.0. The van der Waals surface area contributed by atoms with Crippen LogP contribution >= 0.6 is 0 Å². The van der Waals surface area contributed by atoms with Crippen LogP contribution in [0.4, 0.5) is 0 Å². The maximum absolute atomic E-state index is 4.85. The van der Waals surface area contributed by atoms with Crippen molar-refractivity contribution < 1.29 is 0 Å². The van der Waals surface area contributed by atoms with E-state index in [0.717, 1.165) is 18.0 Å². The van der Waals surface area contributed by atoms with Crippen LogP contribution in [0.2, 0.25) is 0 Å². The van der Waals surface area contributed by atoms with Gasteiger partial charge in [-0.15, -0.1) is 0 Å². The number of aromatic nitrogens is 1. The van der Waals surface area contributed by atoms with Crippen LogP contribution < -0.4 is 5.32 Å². The predicted octanol–water partition coefficient (Wildman–Crippen LogP) is 3.60. The first kappa shape index (κ1) is 11.7. The maximum Gasteiger partial charge on any atom is 0.0708 e. The van der Waals surface area contributed by atoms with Crippen molar-refractivity contribution in [3.63, 3.8) is 0 Å². The number of aryl methyl sites for hydroxylation is 1. The summed E-state index contributed by atoms with van der Waals surface area (Å²) >= 11 is 0. The van der Waals surface area contributed by atoms with Gasteiger partial charge in [-0.2, -0.15) is 0 Å². The first-order chi connectivity index (χ1) is 8.79. The van der Waals surface area contributed by atoms with Crippen LogP contribution in [0.5, 0.6) is 0 Å². The van der Waals surface area contributed by atoms with Crippen molar-refractivity contribution in [2.75, 3.05) is 6.54 Å². The number of pyridine rings is 1. The SMILES string of the molecule is CCNC(c1cc(C)c2ccccc2n1)C1CC1. The van der Waals surface area contributed by atoms with Gasteiger partial charge in [0.1, 0.15) is 0 Å². The van der Waals surface area contributed by atoms with Crippen molar-refractivity contribution in [2.24, 2.45) is 5.92 Å². The molecular weight excluding hydrogens is 220 g/mol. The Morgan fingerprint density at radius 2 is 2.11 bits per heavy atom. The van der Waals surface area contributed by atoms with Gasteiger partial charge in [-0.3, -0.25) is 4.98 Å². The smallest absolute Gasteiger partial charge is 0.0708 e. The maximum atomic E-state index is 4.85. The summed E-state index contributed by atoms with van der Waals surface area (Å²) in [6.45, 7) is 5.36. The summed E-state index contributed by atoms with van der Waals surface area (Å²) in [4.78, 5) is 4.85. The molecule has 18 heavy (non-hydrogen) atoms. The lowest BCUT2D eigenvalue weighted by molar-refractivity contribution is 0.486. The number of hydrogen-bond acceptors (Lipinski definition) is 2. The van der Waals surface area contributed by atoms with Gasteiger partial charge < -0.3 is 5.32 Å². The normalized spacial score (nSPS) is 17.0. The number of rotatable bonds is 4. The molecule has 1 aromatic heterocycles. The Balaban J connectivity index is 2.05. The largest absolute Gasteiger partial charge is 0.309 e. The van der Waals surface area contributed by atoms with Crippen LogP contribution in [0.25, 0.3) is 10.9 Å². The van der Waals surface area contributed by atoms with Gasteiger partial charge in [-0.05, 0) is 49.9 Å². The van der Waals surface area contributed by atoms with Crippen LogP contribution in [0.15, 0.2) is 30.3 Å². The molecule has 0 aliphatic heterocycles. The second kappa shape index (κ2) is 4.69. The van der Waals surface area contributed by atoms with E-state index in [-0.39, 0.29) is 0 Å². The van der Waals surface area contributed by atoms with Gasteiger partial charge in [0.25, 0.3) is 0 Å². The third kappa shape index (κ3) is 2.13. The van der Waals surface area contributed by atoms with Crippen molar-refractivity contribution >= 4 is 10.9 Å². The highest BCUT2D eigenvalue weighted by Crippen LogP contribution is 2.41. The monoisotopic (exact) mass is 240 g/mol. The predicted molar refractivity (Wildman–Crippen MR) is 75.6 cm³/mol. The van der Waals surface area contributed by atoms with Crippen molar-refractivity contribution in [3.8, 4) is 0 Å². The van der Waals surface area contributed by atoms with Gasteiger partial charge in [0.05, 0.1) is 17.3 Å². The summed E-state index contributed by atoms with van der Waals surface area (Å²) in [5, 5.41) is 4.86. The highest BCUT2D eigenvalue weighted by Gasteiger charge is 2.32. The number of hydrogen-bond donors (Lipinski definition) is 1. The molecule has 1 unspecified atom stereocenters. The summed E-state index contributed by atoms with van der Waals surface area (Å²) in [7, 11) is 0. The Morgan fingerprint density at radius 1 is 1.33 bits per heavy atom. The molecule has 1 heterocycles. The van der Waals surface area contributed by atoms with Gasteiger partial charge in [-0.1, -0.05) is 25.1 Å². The van der Waals surface area contributed by atoms with Gasteiger partial charge in [0, 0.05) is 5.39 Å². The lowest BCUT2D eigenvalue weighted by atomic mass is 10.0. The molecule has 2 heteroatoms. The number of nitrogens with one attached hydrogen (secondary N) is 1. The van der Waals surface area contributed by atoms with E-state index >= 15 is 0 Å². The fourth-order valence-electron chi connectivity index (χ4n) is 2.70. The fraction of sp³-hybridized carbons (Fsp3) is 0.438. The first-order valence-electron chi connectivity index (χ1n) is 6.89. The molecule has 1 aromatic carbocycles. The molecule has 2 aromatic rings.